The average molecular weight is 394 g/mol. The lowest BCUT2D eigenvalue weighted by molar-refractivity contribution is -1.02. The van der Waals surface area contributed by atoms with Crippen LogP contribution in [0.2, 0.25) is 5.02 Å². The van der Waals surface area contributed by atoms with Crippen molar-refractivity contribution in [1.29, 1.82) is 0 Å². The van der Waals surface area contributed by atoms with E-state index in [0.29, 0.717) is 11.6 Å². The molecular formula is C20H25ClFN3O2+2. The van der Waals surface area contributed by atoms with Crippen molar-refractivity contribution in [3.8, 4) is 5.75 Å². The molecule has 0 aromatic heterocycles. The minimum absolute atomic E-state index is 0.00238. The second kappa shape index (κ2) is 9.17. The molecule has 7 heteroatoms. The first-order valence-electron chi connectivity index (χ1n) is 9.08. The maximum absolute atomic E-state index is 13.5. The highest BCUT2D eigenvalue weighted by atomic mass is 35.5. The largest absolute Gasteiger partial charge is 0.496 e. The lowest BCUT2D eigenvalue weighted by Crippen LogP contribution is -3.28. The molecular weight excluding hydrogens is 369 g/mol. The van der Waals surface area contributed by atoms with Gasteiger partial charge >= 0.3 is 0 Å². The minimum Gasteiger partial charge on any atom is -0.496 e. The fourth-order valence-electron chi connectivity index (χ4n) is 3.43. The molecule has 0 atom stereocenters. The predicted octanol–water partition coefficient (Wildman–Crippen LogP) is 0.410. The summed E-state index contributed by atoms with van der Waals surface area (Å²) >= 11 is 5.86. The van der Waals surface area contributed by atoms with Gasteiger partial charge in [-0.1, -0.05) is 11.6 Å². The average Bonchev–Trinajstić information content (AvgIpc) is 2.65. The lowest BCUT2D eigenvalue weighted by atomic mass is 10.1. The van der Waals surface area contributed by atoms with Crippen LogP contribution < -0.4 is 19.9 Å². The van der Waals surface area contributed by atoms with Gasteiger partial charge in [-0.05, 0) is 42.5 Å². The number of carbonyl (C=O) groups is 1. The molecule has 1 aliphatic heterocycles. The summed E-state index contributed by atoms with van der Waals surface area (Å²) in [6, 6.07) is 11.7. The predicted molar refractivity (Wildman–Crippen MR) is 103 cm³/mol. The summed E-state index contributed by atoms with van der Waals surface area (Å²) in [6.07, 6.45) is 0. The second-order valence-corrected chi connectivity index (χ2v) is 7.30. The van der Waals surface area contributed by atoms with Crippen molar-refractivity contribution in [2.24, 2.45) is 0 Å². The van der Waals surface area contributed by atoms with Gasteiger partial charge in [0.15, 0.2) is 6.54 Å². The molecule has 27 heavy (non-hydrogen) atoms. The van der Waals surface area contributed by atoms with Gasteiger partial charge in [0, 0.05) is 10.7 Å². The van der Waals surface area contributed by atoms with Gasteiger partial charge in [0.2, 0.25) is 0 Å². The number of hydrogen-bond donors (Lipinski definition) is 3. The fraction of sp³-hybridized carbons (Fsp3) is 0.350. The van der Waals surface area contributed by atoms with E-state index in [-0.39, 0.29) is 11.7 Å². The molecule has 144 valence electrons. The Kier molecular flexibility index (Phi) is 6.66. The monoisotopic (exact) mass is 393 g/mol. The summed E-state index contributed by atoms with van der Waals surface area (Å²) in [6.45, 7) is 4.85. The molecule has 1 fully saturated rings. The number of anilines is 1. The first-order chi connectivity index (χ1) is 13.0. The van der Waals surface area contributed by atoms with E-state index < -0.39 is 0 Å². The first kappa shape index (κ1) is 19.6. The molecule has 0 saturated carbocycles. The van der Waals surface area contributed by atoms with Crippen LogP contribution in [-0.4, -0.2) is 45.7 Å². The van der Waals surface area contributed by atoms with Gasteiger partial charge in [0.25, 0.3) is 5.91 Å². The molecule has 0 unspecified atom stereocenters. The number of amides is 1. The van der Waals surface area contributed by atoms with Gasteiger partial charge in [0.1, 0.15) is 44.3 Å². The van der Waals surface area contributed by atoms with E-state index in [1.54, 1.807) is 43.5 Å². The van der Waals surface area contributed by atoms with Crippen LogP contribution in [0.25, 0.3) is 0 Å². The zero-order valence-corrected chi connectivity index (χ0v) is 16.1. The topological polar surface area (TPSA) is 47.2 Å². The zero-order chi connectivity index (χ0) is 19.2. The van der Waals surface area contributed by atoms with Crippen LogP contribution >= 0.6 is 11.6 Å². The summed E-state index contributed by atoms with van der Waals surface area (Å²) in [5.41, 5.74) is 1.64. The molecule has 1 saturated heterocycles. The van der Waals surface area contributed by atoms with Crippen LogP contribution in [0.15, 0.2) is 42.5 Å². The van der Waals surface area contributed by atoms with Crippen molar-refractivity contribution in [1.82, 2.24) is 0 Å². The lowest BCUT2D eigenvalue weighted by Gasteiger charge is -2.29. The van der Waals surface area contributed by atoms with Crippen LogP contribution in [0.1, 0.15) is 5.56 Å². The number of nitrogens with one attached hydrogen (secondary N) is 3. The molecule has 1 aliphatic rings. The van der Waals surface area contributed by atoms with E-state index in [0.717, 1.165) is 49.7 Å². The third kappa shape index (κ3) is 5.66. The molecule has 3 rings (SSSR count). The maximum Gasteiger partial charge on any atom is 0.279 e. The zero-order valence-electron chi connectivity index (χ0n) is 15.4. The number of halogens is 2. The van der Waals surface area contributed by atoms with E-state index in [9.17, 15) is 9.18 Å². The third-order valence-electron chi connectivity index (χ3n) is 4.89. The van der Waals surface area contributed by atoms with Gasteiger partial charge in [-0.3, -0.25) is 4.79 Å². The maximum atomic E-state index is 13.5. The highest BCUT2D eigenvalue weighted by molar-refractivity contribution is 6.30. The summed E-state index contributed by atoms with van der Waals surface area (Å²) in [5, 5.41) is 3.55. The van der Waals surface area contributed by atoms with E-state index in [4.69, 9.17) is 16.3 Å². The van der Waals surface area contributed by atoms with Crippen LogP contribution in [0.3, 0.4) is 0 Å². The van der Waals surface area contributed by atoms with E-state index in [1.807, 2.05) is 0 Å². The van der Waals surface area contributed by atoms with Crippen LogP contribution in [-0.2, 0) is 11.3 Å². The Morgan fingerprint density at radius 3 is 2.44 bits per heavy atom. The normalized spacial score (nSPS) is 19.5. The highest BCUT2D eigenvalue weighted by Crippen LogP contribution is 2.18. The van der Waals surface area contributed by atoms with Gasteiger partial charge in [-0.15, -0.1) is 0 Å². The Morgan fingerprint density at radius 2 is 1.78 bits per heavy atom. The summed E-state index contributed by atoms with van der Waals surface area (Å²) < 4.78 is 18.9. The van der Waals surface area contributed by atoms with E-state index in [2.05, 4.69) is 5.32 Å². The molecule has 2 aromatic carbocycles. The number of methoxy groups -OCH3 is 1. The smallest absolute Gasteiger partial charge is 0.279 e. The number of benzene rings is 2. The van der Waals surface area contributed by atoms with E-state index in [1.165, 1.54) is 15.9 Å². The summed E-state index contributed by atoms with van der Waals surface area (Å²) in [4.78, 5) is 14.9. The Bertz CT molecular complexity index is 777. The minimum atomic E-state index is -0.242. The summed E-state index contributed by atoms with van der Waals surface area (Å²) in [7, 11) is 1.60. The standard InChI is InChI=1S/C20H23ClFN3O2/c1-27-19-7-4-17(22)12-15(19)13-24-8-10-25(11-9-24)14-20(26)23-18-5-2-16(21)3-6-18/h2-7,12H,8-11,13-14H2,1H3,(H,23,26)/p+2. The Hall–Kier alpha value is -2.15. The molecule has 0 spiro atoms. The molecule has 1 heterocycles. The second-order valence-electron chi connectivity index (χ2n) is 6.86. The third-order valence-corrected chi connectivity index (χ3v) is 5.14. The van der Waals surface area contributed by atoms with Crippen molar-refractivity contribution in [3.63, 3.8) is 0 Å². The van der Waals surface area contributed by atoms with Crippen molar-refractivity contribution >= 4 is 23.2 Å². The van der Waals surface area contributed by atoms with Crippen molar-refractivity contribution in [2.75, 3.05) is 45.2 Å². The Balaban J connectivity index is 1.47. The highest BCUT2D eigenvalue weighted by Gasteiger charge is 2.25. The molecule has 2 aromatic rings. The molecule has 0 aliphatic carbocycles. The molecule has 1 amide bonds. The Labute approximate surface area is 163 Å². The number of hydrogen-bond acceptors (Lipinski definition) is 2. The van der Waals surface area contributed by atoms with Crippen molar-refractivity contribution < 1.29 is 23.7 Å². The van der Waals surface area contributed by atoms with Crippen LogP contribution in [0.5, 0.6) is 5.75 Å². The molecule has 3 N–H and O–H groups in total. The van der Waals surface area contributed by atoms with Gasteiger partial charge in [-0.25, -0.2) is 4.39 Å². The number of carbonyl (C=O) groups excluding carboxylic acids is 1. The number of ether oxygens (including phenoxy) is 1. The first-order valence-corrected chi connectivity index (χ1v) is 9.46. The van der Waals surface area contributed by atoms with Crippen molar-refractivity contribution in [2.45, 2.75) is 6.54 Å². The summed E-state index contributed by atoms with van der Waals surface area (Å²) in [5.74, 6) is 0.483. The van der Waals surface area contributed by atoms with Gasteiger partial charge in [-0.2, -0.15) is 0 Å². The molecule has 0 radical (unpaired) electrons. The van der Waals surface area contributed by atoms with Crippen LogP contribution in [0, 0.1) is 5.82 Å². The number of quaternary nitrogens is 2. The van der Waals surface area contributed by atoms with Crippen LogP contribution in [0.4, 0.5) is 10.1 Å². The van der Waals surface area contributed by atoms with Gasteiger partial charge in [0.05, 0.1) is 12.7 Å². The Morgan fingerprint density at radius 1 is 1.11 bits per heavy atom. The number of rotatable bonds is 6. The quantitative estimate of drug-likeness (QED) is 0.666. The fourth-order valence-corrected chi connectivity index (χ4v) is 3.56. The number of piperazine rings is 1. The SMILES string of the molecule is COc1ccc(F)cc1C[NH+]1CC[NH+](CC(=O)Nc2ccc(Cl)cc2)CC1. The molecule has 5 nitrogen and oxygen atoms in total. The van der Waals surface area contributed by atoms with Crippen molar-refractivity contribution in [3.05, 3.63) is 58.9 Å². The molecule has 0 bridgehead atoms. The van der Waals surface area contributed by atoms with E-state index >= 15 is 0 Å². The van der Waals surface area contributed by atoms with Gasteiger partial charge < -0.3 is 19.9 Å².